The molecular formula is C24H29NO3. The number of aromatic hydroxyl groups is 1. The average Bonchev–Trinajstić information content (AvgIpc) is 3.51. The fraction of sp³-hybridized carbons (Fsp3) is 0.542. The van der Waals surface area contributed by atoms with Crippen molar-refractivity contribution in [1.29, 1.82) is 0 Å². The van der Waals surface area contributed by atoms with Gasteiger partial charge in [0.2, 0.25) is 0 Å². The highest BCUT2D eigenvalue weighted by Crippen LogP contribution is 2.62. The third-order valence-corrected chi connectivity index (χ3v) is 7.29. The van der Waals surface area contributed by atoms with E-state index in [2.05, 4.69) is 6.92 Å². The van der Waals surface area contributed by atoms with Gasteiger partial charge in [-0.1, -0.05) is 31.9 Å². The molecule has 1 heterocycles. The average molecular weight is 380 g/mol. The zero-order valence-electron chi connectivity index (χ0n) is 16.5. The molecule has 0 saturated heterocycles. The molecule has 5 rings (SSSR count). The number of rotatable bonds is 7. The molecule has 2 aromatic rings. The lowest BCUT2D eigenvalue weighted by atomic mass is 9.83. The summed E-state index contributed by atoms with van der Waals surface area (Å²) in [5.74, 6) is 1.97. The molecular weight excluding hydrogens is 350 g/mol. The van der Waals surface area contributed by atoms with E-state index in [0.29, 0.717) is 22.9 Å². The highest BCUT2D eigenvalue weighted by molar-refractivity contribution is 5.48. The summed E-state index contributed by atoms with van der Waals surface area (Å²) >= 11 is 0. The van der Waals surface area contributed by atoms with Gasteiger partial charge in [0.15, 0.2) is 0 Å². The maximum absolute atomic E-state index is 13.0. The molecule has 0 radical (unpaired) electrons. The quantitative estimate of drug-likeness (QED) is 0.652. The molecule has 3 saturated carbocycles. The van der Waals surface area contributed by atoms with E-state index < -0.39 is 0 Å². The summed E-state index contributed by atoms with van der Waals surface area (Å²) in [6.45, 7) is 2.16. The van der Waals surface area contributed by atoms with Gasteiger partial charge in [-0.2, -0.15) is 0 Å². The number of hydrogen-bond donors (Lipinski definition) is 2. The third kappa shape index (κ3) is 3.23. The highest BCUT2D eigenvalue weighted by Gasteiger charge is 2.51. The van der Waals surface area contributed by atoms with Crippen LogP contribution in [0.3, 0.4) is 0 Å². The molecule has 1 aromatic heterocycles. The van der Waals surface area contributed by atoms with Crippen molar-refractivity contribution in [2.75, 3.05) is 5.73 Å². The number of anilines is 1. The largest absolute Gasteiger partial charge is 0.507 e. The van der Waals surface area contributed by atoms with Crippen LogP contribution in [0.25, 0.3) is 0 Å². The van der Waals surface area contributed by atoms with E-state index in [4.69, 9.17) is 10.2 Å². The second-order valence-electron chi connectivity index (χ2n) is 9.45. The summed E-state index contributed by atoms with van der Waals surface area (Å²) in [5.41, 5.74) is 7.92. The summed E-state index contributed by atoms with van der Waals surface area (Å²) in [6, 6.07) is 9.37. The Bertz CT molecular complexity index is 951. The van der Waals surface area contributed by atoms with Crippen LogP contribution in [-0.4, -0.2) is 5.11 Å². The predicted octanol–water partition coefficient (Wildman–Crippen LogP) is 5.15. The third-order valence-electron chi connectivity index (χ3n) is 7.29. The second kappa shape index (κ2) is 6.40. The molecule has 148 valence electrons. The van der Waals surface area contributed by atoms with Gasteiger partial charge in [-0.3, -0.25) is 0 Å². The molecule has 3 aliphatic carbocycles. The number of hydrogen-bond acceptors (Lipinski definition) is 4. The smallest absolute Gasteiger partial charge is 0.343 e. The first kappa shape index (κ1) is 17.8. The van der Waals surface area contributed by atoms with E-state index in [-0.39, 0.29) is 28.6 Å². The van der Waals surface area contributed by atoms with Gasteiger partial charge in [0.1, 0.15) is 11.5 Å². The molecule has 0 amide bonds. The van der Waals surface area contributed by atoms with Gasteiger partial charge in [-0.05, 0) is 67.1 Å². The van der Waals surface area contributed by atoms with Crippen LogP contribution in [0.1, 0.15) is 80.6 Å². The SMILES string of the molecule is CC(c1cc(O)c(C(c2cccc(N)c2)C2CC2)c(=O)o1)C1(CC2CC2)CC1. The highest BCUT2D eigenvalue weighted by atomic mass is 16.4. The Kier molecular flexibility index (Phi) is 4.08. The maximum Gasteiger partial charge on any atom is 0.343 e. The van der Waals surface area contributed by atoms with Crippen molar-refractivity contribution < 1.29 is 9.52 Å². The Morgan fingerprint density at radius 2 is 1.96 bits per heavy atom. The van der Waals surface area contributed by atoms with Gasteiger partial charge >= 0.3 is 5.63 Å². The summed E-state index contributed by atoms with van der Waals surface area (Å²) in [4.78, 5) is 13.0. The molecule has 2 atom stereocenters. The van der Waals surface area contributed by atoms with Crippen LogP contribution < -0.4 is 11.4 Å². The Labute approximate surface area is 165 Å². The van der Waals surface area contributed by atoms with Gasteiger partial charge in [0, 0.05) is 23.6 Å². The van der Waals surface area contributed by atoms with Crippen LogP contribution in [0.5, 0.6) is 5.75 Å². The zero-order chi connectivity index (χ0) is 19.5. The molecule has 4 nitrogen and oxygen atoms in total. The molecule has 3 N–H and O–H groups in total. The molecule has 3 aliphatic rings. The van der Waals surface area contributed by atoms with E-state index in [9.17, 15) is 9.90 Å². The lowest BCUT2D eigenvalue weighted by molar-refractivity contribution is 0.303. The van der Waals surface area contributed by atoms with Gasteiger partial charge in [0.05, 0.1) is 5.56 Å². The van der Waals surface area contributed by atoms with E-state index >= 15 is 0 Å². The van der Waals surface area contributed by atoms with Crippen LogP contribution in [0, 0.1) is 17.3 Å². The molecule has 0 spiro atoms. The zero-order valence-corrected chi connectivity index (χ0v) is 16.5. The van der Waals surface area contributed by atoms with Crippen molar-refractivity contribution in [2.24, 2.45) is 17.3 Å². The van der Waals surface area contributed by atoms with Crippen LogP contribution in [0.15, 0.2) is 39.5 Å². The summed E-state index contributed by atoms with van der Waals surface area (Å²) in [7, 11) is 0. The van der Waals surface area contributed by atoms with Gasteiger partial charge in [0.25, 0.3) is 0 Å². The van der Waals surface area contributed by atoms with E-state index in [0.717, 1.165) is 24.3 Å². The topological polar surface area (TPSA) is 76.5 Å². The Balaban J connectivity index is 1.50. The van der Waals surface area contributed by atoms with Crippen molar-refractivity contribution >= 4 is 5.69 Å². The predicted molar refractivity (Wildman–Crippen MR) is 109 cm³/mol. The maximum atomic E-state index is 13.0. The first-order chi connectivity index (χ1) is 13.5. The summed E-state index contributed by atoms with van der Waals surface area (Å²) in [6.07, 6.45) is 8.42. The first-order valence-corrected chi connectivity index (χ1v) is 10.7. The minimum atomic E-state index is -0.386. The molecule has 3 fully saturated rings. The fourth-order valence-electron chi connectivity index (χ4n) is 5.04. The first-order valence-electron chi connectivity index (χ1n) is 10.7. The van der Waals surface area contributed by atoms with Crippen LogP contribution in [-0.2, 0) is 0 Å². The van der Waals surface area contributed by atoms with E-state index in [1.165, 1.54) is 32.1 Å². The van der Waals surface area contributed by atoms with Crippen LogP contribution >= 0.6 is 0 Å². The Hall–Kier alpha value is -2.23. The lowest BCUT2D eigenvalue weighted by Crippen LogP contribution is -2.19. The molecule has 1 aromatic carbocycles. The van der Waals surface area contributed by atoms with Crippen molar-refractivity contribution in [3.63, 3.8) is 0 Å². The number of nitrogen functional groups attached to an aromatic ring is 1. The summed E-state index contributed by atoms with van der Waals surface area (Å²) < 4.78 is 5.84. The lowest BCUT2D eigenvalue weighted by Gasteiger charge is -2.24. The van der Waals surface area contributed by atoms with Gasteiger partial charge in [-0.15, -0.1) is 0 Å². The minimum absolute atomic E-state index is 0.0830. The number of benzene rings is 1. The normalized spacial score (nSPS) is 22.6. The summed E-state index contributed by atoms with van der Waals surface area (Å²) in [5, 5.41) is 10.9. The van der Waals surface area contributed by atoms with Crippen LogP contribution in [0.2, 0.25) is 0 Å². The van der Waals surface area contributed by atoms with E-state index in [1.54, 1.807) is 6.07 Å². The fourth-order valence-corrected chi connectivity index (χ4v) is 5.04. The van der Waals surface area contributed by atoms with Crippen LogP contribution in [0.4, 0.5) is 5.69 Å². The molecule has 28 heavy (non-hydrogen) atoms. The van der Waals surface area contributed by atoms with Crippen molar-refractivity contribution in [2.45, 2.75) is 63.7 Å². The minimum Gasteiger partial charge on any atom is -0.507 e. The molecule has 0 bridgehead atoms. The van der Waals surface area contributed by atoms with Gasteiger partial charge < -0.3 is 15.3 Å². The van der Waals surface area contributed by atoms with Gasteiger partial charge in [-0.25, -0.2) is 4.79 Å². The standard InChI is InChI=1S/C24H29NO3/c1-14(24(9-10-24)13-15-5-6-15)20-12-19(26)22(23(27)28-20)21(16-7-8-16)17-3-2-4-18(25)11-17/h2-4,11-12,14-16,21,26H,5-10,13,25H2,1H3. The van der Waals surface area contributed by atoms with Crippen molar-refractivity contribution in [1.82, 2.24) is 0 Å². The Morgan fingerprint density at radius 1 is 1.21 bits per heavy atom. The Morgan fingerprint density at radius 3 is 2.54 bits per heavy atom. The van der Waals surface area contributed by atoms with E-state index in [1.807, 2.05) is 24.3 Å². The molecule has 2 unspecified atom stereocenters. The van der Waals surface area contributed by atoms with Crippen molar-refractivity contribution in [3.05, 3.63) is 57.6 Å². The second-order valence-corrected chi connectivity index (χ2v) is 9.45. The monoisotopic (exact) mass is 379 g/mol. The number of nitrogens with two attached hydrogens (primary N) is 1. The molecule has 0 aliphatic heterocycles. The van der Waals surface area contributed by atoms with Crippen molar-refractivity contribution in [3.8, 4) is 5.75 Å². The molecule has 4 heteroatoms.